The molecule has 0 rings (SSSR count). The maximum absolute atomic E-state index is 10.4. The van der Waals surface area contributed by atoms with Gasteiger partial charge in [-0.15, -0.1) is 0 Å². The van der Waals surface area contributed by atoms with Crippen LogP contribution in [-0.2, 0) is 4.79 Å². The molecule has 0 aliphatic carbocycles. The fourth-order valence-electron chi connectivity index (χ4n) is 0.709. The van der Waals surface area contributed by atoms with Crippen LogP contribution in [0.1, 0.15) is 19.8 Å². The Balaban J connectivity index is 3.71. The van der Waals surface area contributed by atoms with Gasteiger partial charge in [-0.25, -0.2) is 4.79 Å². The van der Waals surface area contributed by atoms with Crippen molar-refractivity contribution in [2.45, 2.75) is 25.8 Å². The normalized spacial score (nSPS) is 12.1. The minimum absolute atomic E-state index is 0.470. The Morgan fingerprint density at radius 2 is 2.50 bits per heavy atom. The van der Waals surface area contributed by atoms with Gasteiger partial charge in [0.2, 0.25) is 0 Å². The quantitative estimate of drug-likeness (QED) is 0.603. The first-order valence-corrected chi connectivity index (χ1v) is 3.32. The van der Waals surface area contributed by atoms with Gasteiger partial charge in [-0.1, -0.05) is 19.9 Å². The summed E-state index contributed by atoms with van der Waals surface area (Å²) in [6.07, 6.45) is 2.91. The minimum atomic E-state index is -0.818. The number of hydrogen-bond donors (Lipinski definition) is 2. The van der Waals surface area contributed by atoms with Crippen LogP contribution in [0.5, 0.6) is 0 Å². The second-order valence-electron chi connectivity index (χ2n) is 2.05. The monoisotopic (exact) mass is 143 g/mol. The molecule has 0 saturated carbocycles. The summed E-state index contributed by atoms with van der Waals surface area (Å²) in [5.41, 5.74) is 0. The van der Waals surface area contributed by atoms with Crippen molar-refractivity contribution < 1.29 is 9.90 Å². The van der Waals surface area contributed by atoms with Crippen molar-refractivity contribution in [2.24, 2.45) is 0 Å². The van der Waals surface area contributed by atoms with Crippen molar-refractivity contribution >= 4 is 5.97 Å². The van der Waals surface area contributed by atoms with Gasteiger partial charge >= 0.3 is 5.97 Å². The molecule has 0 spiro atoms. The molecule has 0 unspecified atom stereocenters. The predicted octanol–water partition coefficient (Wildman–Crippen LogP) is 0.973. The third-order valence-electron chi connectivity index (χ3n) is 1.19. The van der Waals surface area contributed by atoms with Crippen molar-refractivity contribution in [2.75, 3.05) is 0 Å². The summed E-state index contributed by atoms with van der Waals surface area (Å²) >= 11 is 0. The fourth-order valence-corrected chi connectivity index (χ4v) is 0.709. The largest absolute Gasteiger partial charge is 0.480 e. The van der Waals surface area contributed by atoms with Crippen LogP contribution >= 0.6 is 0 Å². The molecule has 0 radical (unpaired) electrons. The van der Waals surface area contributed by atoms with E-state index in [1.165, 1.54) is 6.20 Å². The SMILES string of the molecule is C=CN[C@@H](CCC)C(=O)O. The van der Waals surface area contributed by atoms with Gasteiger partial charge in [-0.2, -0.15) is 0 Å². The lowest BCUT2D eigenvalue weighted by Crippen LogP contribution is -2.32. The van der Waals surface area contributed by atoms with Crippen LogP contribution < -0.4 is 5.32 Å². The van der Waals surface area contributed by atoms with E-state index in [0.29, 0.717) is 6.42 Å². The Morgan fingerprint density at radius 1 is 1.90 bits per heavy atom. The number of carbonyl (C=O) groups is 1. The molecule has 0 aliphatic rings. The molecule has 0 bridgehead atoms. The summed E-state index contributed by atoms with van der Waals surface area (Å²) < 4.78 is 0. The van der Waals surface area contributed by atoms with Crippen LogP contribution in [-0.4, -0.2) is 17.1 Å². The first-order valence-electron chi connectivity index (χ1n) is 3.32. The molecule has 2 N–H and O–H groups in total. The van der Waals surface area contributed by atoms with E-state index >= 15 is 0 Å². The summed E-state index contributed by atoms with van der Waals surface area (Å²) in [6.45, 7) is 5.34. The van der Waals surface area contributed by atoms with E-state index in [0.717, 1.165) is 6.42 Å². The molecular formula is C7H13NO2. The smallest absolute Gasteiger partial charge is 0.326 e. The van der Waals surface area contributed by atoms with Gasteiger partial charge < -0.3 is 10.4 Å². The molecular weight excluding hydrogens is 130 g/mol. The van der Waals surface area contributed by atoms with E-state index in [9.17, 15) is 4.79 Å². The first kappa shape index (κ1) is 9.01. The minimum Gasteiger partial charge on any atom is -0.480 e. The van der Waals surface area contributed by atoms with E-state index in [-0.39, 0.29) is 0 Å². The highest BCUT2D eigenvalue weighted by atomic mass is 16.4. The summed E-state index contributed by atoms with van der Waals surface area (Å²) in [5, 5.41) is 11.2. The topological polar surface area (TPSA) is 49.3 Å². The zero-order chi connectivity index (χ0) is 7.98. The first-order chi connectivity index (χ1) is 4.72. The Hall–Kier alpha value is -0.990. The van der Waals surface area contributed by atoms with Crippen LogP contribution in [0.25, 0.3) is 0 Å². The summed E-state index contributed by atoms with van der Waals surface area (Å²) in [7, 11) is 0. The van der Waals surface area contributed by atoms with Gasteiger partial charge in [0.05, 0.1) is 0 Å². The number of nitrogens with one attached hydrogen (secondary N) is 1. The highest BCUT2D eigenvalue weighted by Crippen LogP contribution is 1.95. The molecule has 0 aromatic heterocycles. The highest BCUT2D eigenvalue weighted by molar-refractivity contribution is 5.73. The standard InChI is InChI=1S/C7H13NO2/c1-3-5-6(7(9)10)8-4-2/h4,6,8H,2-3,5H2,1H3,(H,9,10)/t6-/m0/s1. The lowest BCUT2D eigenvalue weighted by atomic mass is 10.2. The highest BCUT2D eigenvalue weighted by Gasteiger charge is 2.12. The Morgan fingerprint density at radius 3 is 2.80 bits per heavy atom. The summed E-state index contributed by atoms with van der Waals surface area (Å²) in [4.78, 5) is 10.4. The number of hydrogen-bond acceptors (Lipinski definition) is 2. The molecule has 0 saturated heterocycles. The van der Waals surface area contributed by atoms with Crippen LogP contribution in [0.4, 0.5) is 0 Å². The summed E-state index contributed by atoms with van der Waals surface area (Å²) in [6, 6.07) is -0.470. The zero-order valence-electron chi connectivity index (χ0n) is 6.13. The van der Waals surface area contributed by atoms with E-state index < -0.39 is 12.0 Å². The molecule has 3 nitrogen and oxygen atoms in total. The second-order valence-corrected chi connectivity index (χ2v) is 2.05. The van der Waals surface area contributed by atoms with E-state index in [2.05, 4.69) is 11.9 Å². The molecule has 0 aliphatic heterocycles. The van der Waals surface area contributed by atoms with E-state index in [1.807, 2.05) is 6.92 Å². The van der Waals surface area contributed by atoms with Gasteiger partial charge in [-0.05, 0) is 12.6 Å². The molecule has 3 heteroatoms. The molecule has 0 heterocycles. The zero-order valence-corrected chi connectivity index (χ0v) is 6.13. The van der Waals surface area contributed by atoms with Crippen LogP contribution in [0.2, 0.25) is 0 Å². The average Bonchev–Trinajstić information content (AvgIpc) is 1.87. The molecule has 0 amide bonds. The second kappa shape index (κ2) is 4.85. The molecule has 58 valence electrons. The van der Waals surface area contributed by atoms with Crippen molar-refractivity contribution in [1.82, 2.24) is 5.32 Å². The third kappa shape index (κ3) is 3.12. The van der Waals surface area contributed by atoms with E-state index in [4.69, 9.17) is 5.11 Å². The lowest BCUT2D eigenvalue weighted by molar-refractivity contribution is -0.139. The molecule has 0 fully saturated rings. The average molecular weight is 143 g/mol. The molecule has 0 aromatic rings. The maximum atomic E-state index is 10.4. The van der Waals surface area contributed by atoms with Gasteiger partial charge in [-0.3, -0.25) is 0 Å². The van der Waals surface area contributed by atoms with Gasteiger partial charge in [0.25, 0.3) is 0 Å². The van der Waals surface area contributed by atoms with Crippen molar-refractivity contribution in [1.29, 1.82) is 0 Å². The molecule has 0 aromatic carbocycles. The van der Waals surface area contributed by atoms with Gasteiger partial charge in [0, 0.05) is 0 Å². The summed E-state index contributed by atoms with van der Waals surface area (Å²) in [5.74, 6) is -0.818. The lowest BCUT2D eigenvalue weighted by Gasteiger charge is -2.09. The molecule has 1 atom stereocenters. The van der Waals surface area contributed by atoms with Crippen molar-refractivity contribution in [3.05, 3.63) is 12.8 Å². The van der Waals surface area contributed by atoms with Crippen LogP contribution in [0.15, 0.2) is 12.8 Å². The van der Waals surface area contributed by atoms with Crippen molar-refractivity contribution in [3.63, 3.8) is 0 Å². The number of rotatable bonds is 5. The third-order valence-corrected chi connectivity index (χ3v) is 1.19. The van der Waals surface area contributed by atoms with Gasteiger partial charge in [0.15, 0.2) is 0 Å². The number of carboxylic acids is 1. The molecule has 10 heavy (non-hydrogen) atoms. The van der Waals surface area contributed by atoms with Crippen LogP contribution in [0, 0.1) is 0 Å². The van der Waals surface area contributed by atoms with Gasteiger partial charge in [0.1, 0.15) is 6.04 Å². The number of aliphatic carboxylic acids is 1. The fraction of sp³-hybridized carbons (Fsp3) is 0.571. The number of carboxylic acid groups (broad SMARTS) is 1. The predicted molar refractivity (Wildman–Crippen MR) is 39.7 cm³/mol. The maximum Gasteiger partial charge on any atom is 0.326 e. The Bertz CT molecular complexity index is 123. The Labute approximate surface area is 60.7 Å². The van der Waals surface area contributed by atoms with Crippen LogP contribution in [0.3, 0.4) is 0 Å². The van der Waals surface area contributed by atoms with E-state index in [1.54, 1.807) is 0 Å². The van der Waals surface area contributed by atoms with Crippen molar-refractivity contribution in [3.8, 4) is 0 Å². The Kier molecular flexibility index (Phi) is 4.37.